The van der Waals surface area contributed by atoms with E-state index in [9.17, 15) is 18.0 Å². The first kappa shape index (κ1) is 17.8. The molecule has 2 aromatic rings. The van der Waals surface area contributed by atoms with Crippen molar-refractivity contribution in [2.75, 3.05) is 5.32 Å². The lowest BCUT2D eigenvalue weighted by Crippen LogP contribution is -2.31. The van der Waals surface area contributed by atoms with E-state index in [1.165, 1.54) is 25.1 Å². The average molecular weight is 337 g/mol. The molecule has 0 heterocycles. The Morgan fingerprint density at radius 2 is 1.79 bits per heavy atom. The number of carbonyl (C=O) groups is 1. The van der Waals surface area contributed by atoms with Crippen molar-refractivity contribution in [3.63, 3.8) is 0 Å². The molecule has 1 amide bonds. The first-order chi connectivity index (χ1) is 11.2. The molecule has 128 valence electrons. The first-order valence-corrected chi connectivity index (χ1v) is 7.39. The number of rotatable bonds is 4. The van der Waals surface area contributed by atoms with Crippen LogP contribution in [0.15, 0.2) is 42.5 Å². The monoisotopic (exact) mass is 337 g/mol. The van der Waals surface area contributed by atoms with Gasteiger partial charge in [0.25, 0.3) is 5.91 Å². The van der Waals surface area contributed by atoms with Crippen molar-refractivity contribution in [1.29, 1.82) is 0 Å². The standard InChI is InChI=1S/C18H18F3NO2/c1-11-8-9-12(2)16(10-11)24-13(3)17(23)22-15-7-5-4-6-14(15)18(19,20)21/h4-10,13H,1-3H3,(H,22,23)/t13-/m1/s1. The number of aryl methyl sites for hydroxylation is 2. The SMILES string of the molecule is Cc1ccc(C)c(O[C@H](C)C(=O)Nc2ccccc2C(F)(F)F)c1. The maximum atomic E-state index is 13.0. The molecule has 1 atom stereocenters. The molecule has 0 aromatic heterocycles. The van der Waals surface area contributed by atoms with Gasteiger partial charge in [-0.25, -0.2) is 0 Å². The number of ether oxygens (including phenoxy) is 1. The zero-order chi connectivity index (χ0) is 17.9. The quantitative estimate of drug-likeness (QED) is 0.876. The fraction of sp³-hybridized carbons (Fsp3) is 0.278. The lowest BCUT2D eigenvalue weighted by atomic mass is 10.1. The van der Waals surface area contributed by atoms with Gasteiger partial charge in [0.15, 0.2) is 6.10 Å². The summed E-state index contributed by atoms with van der Waals surface area (Å²) in [6, 6.07) is 10.4. The van der Waals surface area contributed by atoms with Crippen molar-refractivity contribution in [2.45, 2.75) is 33.1 Å². The average Bonchev–Trinajstić information content (AvgIpc) is 2.50. The van der Waals surface area contributed by atoms with Gasteiger partial charge < -0.3 is 10.1 Å². The first-order valence-electron chi connectivity index (χ1n) is 7.39. The number of carbonyl (C=O) groups excluding carboxylic acids is 1. The summed E-state index contributed by atoms with van der Waals surface area (Å²) in [5, 5.41) is 2.29. The molecule has 24 heavy (non-hydrogen) atoms. The number of nitrogens with one attached hydrogen (secondary N) is 1. The van der Waals surface area contributed by atoms with Gasteiger partial charge in [0, 0.05) is 0 Å². The van der Waals surface area contributed by atoms with E-state index in [4.69, 9.17) is 4.74 Å². The summed E-state index contributed by atoms with van der Waals surface area (Å²) < 4.78 is 44.5. The number of para-hydroxylation sites is 1. The minimum Gasteiger partial charge on any atom is -0.481 e. The summed E-state index contributed by atoms with van der Waals surface area (Å²) in [5.74, 6) is -0.116. The van der Waals surface area contributed by atoms with E-state index in [2.05, 4.69) is 5.32 Å². The van der Waals surface area contributed by atoms with Crippen LogP contribution in [0.3, 0.4) is 0 Å². The summed E-state index contributed by atoms with van der Waals surface area (Å²) in [4.78, 5) is 12.2. The van der Waals surface area contributed by atoms with Crippen LogP contribution < -0.4 is 10.1 Å². The second-order valence-electron chi connectivity index (χ2n) is 5.56. The predicted octanol–water partition coefficient (Wildman–Crippen LogP) is 4.73. The third-order valence-corrected chi connectivity index (χ3v) is 3.51. The molecule has 3 nitrogen and oxygen atoms in total. The van der Waals surface area contributed by atoms with Crippen molar-refractivity contribution >= 4 is 11.6 Å². The van der Waals surface area contributed by atoms with Crippen molar-refractivity contribution in [3.05, 3.63) is 59.2 Å². The normalized spacial score (nSPS) is 12.6. The highest BCUT2D eigenvalue weighted by Gasteiger charge is 2.34. The number of hydrogen-bond acceptors (Lipinski definition) is 2. The van der Waals surface area contributed by atoms with Gasteiger partial charge in [0.2, 0.25) is 0 Å². The molecule has 0 saturated heterocycles. The minimum atomic E-state index is -4.54. The van der Waals surface area contributed by atoms with Crippen LogP contribution >= 0.6 is 0 Å². The Morgan fingerprint density at radius 1 is 1.12 bits per heavy atom. The van der Waals surface area contributed by atoms with E-state index >= 15 is 0 Å². The Bertz CT molecular complexity index is 741. The Kier molecular flexibility index (Phi) is 5.17. The second-order valence-corrected chi connectivity index (χ2v) is 5.56. The number of alkyl halides is 3. The molecule has 0 aliphatic heterocycles. The lowest BCUT2D eigenvalue weighted by molar-refractivity contribution is -0.137. The third kappa shape index (κ3) is 4.28. The smallest absolute Gasteiger partial charge is 0.418 e. The van der Waals surface area contributed by atoms with Gasteiger partial charge in [-0.05, 0) is 50.1 Å². The van der Waals surface area contributed by atoms with Crippen LogP contribution in [-0.4, -0.2) is 12.0 Å². The molecule has 1 N–H and O–H groups in total. The predicted molar refractivity (Wildman–Crippen MR) is 86.1 cm³/mol. The molecule has 0 aliphatic rings. The van der Waals surface area contributed by atoms with Crippen LogP contribution in [0.2, 0.25) is 0 Å². The lowest BCUT2D eigenvalue weighted by Gasteiger charge is -2.18. The summed E-state index contributed by atoms with van der Waals surface area (Å²) in [6.07, 6.45) is -5.48. The van der Waals surface area contributed by atoms with Gasteiger partial charge in [-0.3, -0.25) is 4.79 Å². The van der Waals surface area contributed by atoms with E-state index in [-0.39, 0.29) is 5.69 Å². The van der Waals surface area contributed by atoms with Crippen LogP contribution in [0.4, 0.5) is 18.9 Å². The molecular formula is C18H18F3NO2. The molecular weight excluding hydrogens is 319 g/mol. The molecule has 0 bridgehead atoms. The number of hydrogen-bond donors (Lipinski definition) is 1. The molecule has 0 unspecified atom stereocenters. The maximum absolute atomic E-state index is 13.0. The van der Waals surface area contributed by atoms with Crippen LogP contribution in [-0.2, 0) is 11.0 Å². The summed E-state index contributed by atoms with van der Waals surface area (Å²) in [6.45, 7) is 5.21. The Balaban J connectivity index is 2.14. The number of halogens is 3. The molecule has 2 aromatic carbocycles. The topological polar surface area (TPSA) is 38.3 Å². The van der Waals surface area contributed by atoms with E-state index in [0.717, 1.165) is 17.2 Å². The van der Waals surface area contributed by atoms with Crippen LogP contribution in [0.1, 0.15) is 23.6 Å². The van der Waals surface area contributed by atoms with Gasteiger partial charge in [0.1, 0.15) is 5.75 Å². The van der Waals surface area contributed by atoms with E-state index in [1.807, 2.05) is 26.0 Å². The number of benzene rings is 2. The summed E-state index contributed by atoms with van der Waals surface area (Å²) in [5.41, 5.74) is 0.630. The second kappa shape index (κ2) is 6.95. The Morgan fingerprint density at radius 3 is 2.46 bits per heavy atom. The van der Waals surface area contributed by atoms with Crippen molar-refractivity contribution in [2.24, 2.45) is 0 Å². The van der Waals surface area contributed by atoms with Crippen molar-refractivity contribution < 1.29 is 22.7 Å². The summed E-state index contributed by atoms with van der Waals surface area (Å²) >= 11 is 0. The molecule has 0 aliphatic carbocycles. The van der Waals surface area contributed by atoms with Gasteiger partial charge in [-0.1, -0.05) is 24.3 Å². The highest BCUT2D eigenvalue weighted by molar-refractivity contribution is 5.94. The highest BCUT2D eigenvalue weighted by Crippen LogP contribution is 2.34. The zero-order valence-corrected chi connectivity index (χ0v) is 13.6. The minimum absolute atomic E-state index is 0.286. The molecule has 2 rings (SSSR count). The van der Waals surface area contributed by atoms with Crippen molar-refractivity contribution in [1.82, 2.24) is 0 Å². The van der Waals surface area contributed by atoms with E-state index in [0.29, 0.717) is 5.75 Å². The molecule has 0 fully saturated rings. The number of amides is 1. The largest absolute Gasteiger partial charge is 0.481 e. The maximum Gasteiger partial charge on any atom is 0.418 e. The third-order valence-electron chi connectivity index (χ3n) is 3.51. The van der Waals surface area contributed by atoms with Gasteiger partial charge in [0.05, 0.1) is 11.3 Å². The van der Waals surface area contributed by atoms with Gasteiger partial charge >= 0.3 is 6.18 Å². The van der Waals surface area contributed by atoms with E-state index < -0.39 is 23.8 Å². The Hall–Kier alpha value is -2.50. The van der Waals surface area contributed by atoms with Crippen molar-refractivity contribution in [3.8, 4) is 5.75 Å². The number of anilines is 1. The molecule has 0 spiro atoms. The highest BCUT2D eigenvalue weighted by atomic mass is 19.4. The van der Waals surface area contributed by atoms with Crippen LogP contribution in [0, 0.1) is 13.8 Å². The molecule has 0 radical (unpaired) electrons. The fourth-order valence-corrected chi connectivity index (χ4v) is 2.15. The van der Waals surface area contributed by atoms with Crippen LogP contribution in [0.5, 0.6) is 5.75 Å². The van der Waals surface area contributed by atoms with E-state index in [1.54, 1.807) is 6.07 Å². The zero-order valence-electron chi connectivity index (χ0n) is 13.6. The molecule has 6 heteroatoms. The van der Waals surface area contributed by atoms with Gasteiger partial charge in [-0.15, -0.1) is 0 Å². The van der Waals surface area contributed by atoms with Crippen LogP contribution in [0.25, 0.3) is 0 Å². The fourth-order valence-electron chi connectivity index (χ4n) is 2.15. The van der Waals surface area contributed by atoms with Gasteiger partial charge in [-0.2, -0.15) is 13.2 Å². The summed E-state index contributed by atoms with van der Waals surface area (Å²) in [7, 11) is 0. The Labute approximate surface area is 138 Å². The molecule has 0 saturated carbocycles.